The lowest BCUT2D eigenvalue weighted by Crippen LogP contribution is -2.40. The van der Waals surface area contributed by atoms with E-state index in [0.717, 1.165) is 0 Å². The highest BCUT2D eigenvalue weighted by molar-refractivity contribution is 6.05. The first-order valence-electron chi connectivity index (χ1n) is 6.23. The number of carbonyl (C=O) groups is 2. The number of esters is 1. The van der Waals surface area contributed by atoms with Crippen molar-refractivity contribution in [1.82, 2.24) is 4.98 Å². The molecular formula is C14H20N2O3. The number of nitrogens with zero attached hydrogens (tertiary/aromatic N) is 1. The third kappa shape index (κ3) is 4.35. The van der Waals surface area contributed by atoms with Gasteiger partial charge in [-0.15, -0.1) is 0 Å². The minimum atomic E-state index is -0.847. The van der Waals surface area contributed by atoms with Crippen molar-refractivity contribution in [1.29, 1.82) is 0 Å². The second kappa shape index (κ2) is 6.31. The van der Waals surface area contributed by atoms with Gasteiger partial charge in [-0.25, -0.2) is 0 Å². The van der Waals surface area contributed by atoms with Gasteiger partial charge in [-0.2, -0.15) is 0 Å². The number of amides is 1. The molecule has 5 heteroatoms. The van der Waals surface area contributed by atoms with Crippen LogP contribution in [-0.2, 0) is 14.3 Å². The van der Waals surface area contributed by atoms with Crippen molar-refractivity contribution < 1.29 is 14.3 Å². The van der Waals surface area contributed by atoms with Crippen LogP contribution in [0.15, 0.2) is 24.5 Å². The molecule has 0 saturated heterocycles. The van der Waals surface area contributed by atoms with Gasteiger partial charge in [-0.3, -0.25) is 14.6 Å². The van der Waals surface area contributed by atoms with Crippen molar-refractivity contribution in [3.63, 3.8) is 0 Å². The SMILES string of the molecule is CCOC(=O)C(C(=O)Nc1ccncc1)C(C)(C)C. The summed E-state index contributed by atoms with van der Waals surface area (Å²) in [4.78, 5) is 28.0. The van der Waals surface area contributed by atoms with E-state index in [2.05, 4.69) is 10.3 Å². The molecular weight excluding hydrogens is 244 g/mol. The van der Waals surface area contributed by atoms with Gasteiger partial charge in [0.2, 0.25) is 5.91 Å². The number of pyridine rings is 1. The van der Waals surface area contributed by atoms with E-state index in [1.807, 2.05) is 20.8 Å². The van der Waals surface area contributed by atoms with Crippen LogP contribution >= 0.6 is 0 Å². The first-order valence-corrected chi connectivity index (χ1v) is 6.23. The fourth-order valence-electron chi connectivity index (χ4n) is 1.73. The molecule has 0 aromatic carbocycles. The van der Waals surface area contributed by atoms with E-state index >= 15 is 0 Å². The number of hydrogen-bond acceptors (Lipinski definition) is 4. The predicted molar refractivity (Wildman–Crippen MR) is 72.4 cm³/mol. The Balaban J connectivity index is 2.87. The number of carbonyl (C=O) groups excluding carboxylic acids is 2. The Morgan fingerprint density at radius 3 is 2.37 bits per heavy atom. The van der Waals surface area contributed by atoms with E-state index in [1.54, 1.807) is 31.5 Å². The molecule has 1 aromatic heterocycles. The van der Waals surface area contributed by atoms with Crippen molar-refractivity contribution in [2.45, 2.75) is 27.7 Å². The van der Waals surface area contributed by atoms with Crippen LogP contribution in [0, 0.1) is 11.3 Å². The molecule has 1 aromatic rings. The Labute approximate surface area is 113 Å². The fourth-order valence-corrected chi connectivity index (χ4v) is 1.73. The Kier molecular flexibility index (Phi) is 5.03. The number of hydrogen-bond donors (Lipinski definition) is 1. The quantitative estimate of drug-likeness (QED) is 0.669. The van der Waals surface area contributed by atoms with Crippen molar-refractivity contribution >= 4 is 17.6 Å². The minimum absolute atomic E-state index is 0.258. The van der Waals surface area contributed by atoms with Gasteiger partial charge in [0, 0.05) is 18.1 Å². The van der Waals surface area contributed by atoms with Gasteiger partial charge in [-0.1, -0.05) is 20.8 Å². The molecule has 0 aliphatic heterocycles. The number of rotatable bonds is 4. The first-order chi connectivity index (χ1) is 8.86. The van der Waals surface area contributed by atoms with Gasteiger partial charge in [-0.05, 0) is 24.5 Å². The summed E-state index contributed by atoms with van der Waals surface area (Å²) in [6.07, 6.45) is 3.15. The predicted octanol–water partition coefficient (Wildman–Crippen LogP) is 2.25. The van der Waals surface area contributed by atoms with Crippen LogP contribution in [0.2, 0.25) is 0 Å². The minimum Gasteiger partial charge on any atom is -0.465 e. The van der Waals surface area contributed by atoms with Crippen LogP contribution in [0.25, 0.3) is 0 Å². The topological polar surface area (TPSA) is 68.3 Å². The molecule has 0 radical (unpaired) electrons. The zero-order valence-electron chi connectivity index (χ0n) is 11.8. The third-order valence-corrected chi connectivity index (χ3v) is 2.60. The maximum absolute atomic E-state index is 12.2. The molecule has 1 N–H and O–H groups in total. The highest BCUT2D eigenvalue weighted by Crippen LogP contribution is 2.28. The zero-order chi connectivity index (χ0) is 14.5. The number of anilines is 1. The molecule has 0 aliphatic carbocycles. The monoisotopic (exact) mass is 264 g/mol. The lowest BCUT2D eigenvalue weighted by molar-refractivity contribution is -0.155. The van der Waals surface area contributed by atoms with Gasteiger partial charge < -0.3 is 10.1 Å². The van der Waals surface area contributed by atoms with E-state index in [1.165, 1.54) is 0 Å². The van der Waals surface area contributed by atoms with Crippen molar-refractivity contribution in [2.75, 3.05) is 11.9 Å². The Hall–Kier alpha value is -1.91. The number of aromatic nitrogens is 1. The van der Waals surface area contributed by atoms with E-state index in [4.69, 9.17) is 4.74 Å². The normalized spacial score (nSPS) is 12.6. The molecule has 1 rings (SSSR count). The summed E-state index contributed by atoms with van der Waals surface area (Å²) >= 11 is 0. The van der Waals surface area contributed by atoms with Crippen molar-refractivity contribution in [2.24, 2.45) is 11.3 Å². The van der Waals surface area contributed by atoms with Crippen molar-refractivity contribution in [3.8, 4) is 0 Å². The maximum atomic E-state index is 12.2. The first kappa shape index (κ1) is 15.1. The molecule has 5 nitrogen and oxygen atoms in total. The van der Waals surface area contributed by atoms with Gasteiger partial charge in [0.05, 0.1) is 6.61 Å². The van der Waals surface area contributed by atoms with Gasteiger partial charge in [0.25, 0.3) is 0 Å². The highest BCUT2D eigenvalue weighted by Gasteiger charge is 2.38. The Morgan fingerprint density at radius 2 is 1.89 bits per heavy atom. The van der Waals surface area contributed by atoms with E-state index in [0.29, 0.717) is 5.69 Å². The average molecular weight is 264 g/mol. The standard InChI is InChI=1S/C14H20N2O3/c1-5-19-13(18)11(14(2,3)4)12(17)16-10-6-8-15-9-7-10/h6-9,11H,5H2,1-4H3,(H,15,16,17). The fraction of sp³-hybridized carbons (Fsp3) is 0.500. The second-order valence-electron chi connectivity index (χ2n) is 5.28. The molecule has 0 spiro atoms. The van der Waals surface area contributed by atoms with Crippen molar-refractivity contribution in [3.05, 3.63) is 24.5 Å². The summed E-state index contributed by atoms with van der Waals surface area (Å²) in [6.45, 7) is 7.48. The van der Waals surface area contributed by atoms with Crippen LogP contribution in [0.5, 0.6) is 0 Å². The van der Waals surface area contributed by atoms with Gasteiger partial charge in [0.15, 0.2) is 0 Å². The highest BCUT2D eigenvalue weighted by atomic mass is 16.5. The zero-order valence-corrected chi connectivity index (χ0v) is 11.8. The number of ether oxygens (including phenoxy) is 1. The largest absolute Gasteiger partial charge is 0.465 e. The van der Waals surface area contributed by atoms with E-state index in [9.17, 15) is 9.59 Å². The molecule has 1 heterocycles. The number of nitrogens with one attached hydrogen (secondary N) is 1. The van der Waals surface area contributed by atoms with Crippen LogP contribution in [-0.4, -0.2) is 23.5 Å². The smallest absolute Gasteiger partial charge is 0.319 e. The summed E-state index contributed by atoms with van der Waals surface area (Å²) in [5.41, 5.74) is 0.0992. The molecule has 19 heavy (non-hydrogen) atoms. The second-order valence-corrected chi connectivity index (χ2v) is 5.28. The summed E-state index contributed by atoms with van der Waals surface area (Å²) < 4.78 is 4.98. The summed E-state index contributed by atoms with van der Waals surface area (Å²) in [6, 6.07) is 3.34. The maximum Gasteiger partial charge on any atom is 0.319 e. The van der Waals surface area contributed by atoms with E-state index < -0.39 is 17.3 Å². The van der Waals surface area contributed by atoms with Crippen LogP contribution < -0.4 is 5.32 Å². The average Bonchev–Trinajstić information content (AvgIpc) is 2.28. The molecule has 1 atom stereocenters. The van der Waals surface area contributed by atoms with E-state index in [-0.39, 0.29) is 12.5 Å². The molecule has 0 bridgehead atoms. The Bertz CT molecular complexity index is 438. The molecule has 1 amide bonds. The molecule has 0 fully saturated rings. The summed E-state index contributed by atoms with van der Waals surface area (Å²) in [5, 5.41) is 2.71. The third-order valence-electron chi connectivity index (χ3n) is 2.60. The molecule has 1 unspecified atom stereocenters. The molecule has 0 aliphatic rings. The summed E-state index contributed by atoms with van der Waals surface area (Å²) in [7, 11) is 0. The van der Waals surface area contributed by atoms with Gasteiger partial charge >= 0.3 is 5.97 Å². The van der Waals surface area contributed by atoms with Gasteiger partial charge in [0.1, 0.15) is 5.92 Å². The molecule has 104 valence electrons. The van der Waals surface area contributed by atoms with Crippen LogP contribution in [0.1, 0.15) is 27.7 Å². The lowest BCUT2D eigenvalue weighted by Gasteiger charge is -2.27. The van der Waals surface area contributed by atoms with Crippen LogP contribution in [0.3, 0.4) is 0 Å². The Morgan fingerprint density at radius 1 is 1.32 bits per heavy atom. The molecule has 0 saturated carbocycles. The summed E-state index contributed by atoms with van der Waals surface area (Å²) in [5.74, 6) is -1.71. The lowest BCUT2D eigenvalue weighted by atomic mass is 9.80. The van der Waals surface area contributed by atoms with Crippen LogP contribution in [0.4, 0.5) is 5.69 Å².